The molecule has 1 aromatic carbocycles. The lowest BCUT2D eigenvalue weighted by atomic mass is 10.0. The van der Waals surface area contributed by atoms with Crippen LogP contribution in [0.15, 0.2) is 41.3 Å². The molecule has 5 rings (SSSR count). The van der Waals surface area contributed by atoms with Gasteiger partial charge in [0, 0.05) is 58.3 Å². The molecule has 11 nitrogen and oxygen atoms in total. The smallest absolute Gasteiger partial charge is 0.307 e. The molecule has 3 aromatic rings. The number of carbonyl (C=O) groups excluding carboxylic acids is 2. The van der Waals surface area contributed by atoms with E-state index in [0.29, 0.717) is 25.5 Å². The number of hydrogen-bond donors (Lipinski definition) is 1. The van der Waals surface area contributed by atoms with Gasteiger partial charge in [-0.05, 0) is 49.8 Å². The molecular weight excluding hydrogens is 553 g/mol. The summed E-state index contributed by atoms with van der Waals surface area (Å²) in [5, 5.41) is 4.74. The van der Waals surface area contributed by atoms with Gasteiger partial charge in [0.15, 0.2) is 6.73 Å². The van der Waals surface area contributed by atoms with E-state index in [2.05, 4.69) is 31.9 Å². The maximum absolute atomic E-state index is 13.5. The van der Waals surface area contributed by atoms with E-state index in [0.717, 1.165) is 61.0 Å². The number of esters is 1. The summed E-state index contributed by atoms with van der Waals surface area (Å²) in [6.45, 7) is 3.70. The topological polar surface area (TPSA) is 115 Å². The SMILES string of the molecule is CC(=O)NCCCC(=O)OCn1c(N(C)C2CCN(c3nc4c(n3Cc3ccc(F)cc3)=CCCC=4)CC2)nccc1=O. The maximum atomic E-state index is 13.5. The zero-order valence-corrected chi connectivity index (χ0v) is 24.7. The number of aromatic nitrogens is 4. The fourth-order valence-electron chi connectivity index (χ4n) is 5.60. The number of halogens is 1. The summed E-state index contributed by atoms with van der Waals surface area (Å²) in [6.07, 6.45) is 10.0. The average molecular weight is 592 g/mol. The predicted molar refractivity (Wildman–Crippen MR) is 161 cm³/mol. The molecule has 228 valence electrons. The van der Waals surface area contributed by atoms with E-state index in [4.69, 9.17) is 9.72 Å². The minimum atomic E-state index is -0.448. The summed E-state index contributed by atoms with van der Waals surface area (Å²) >= 11 is 0. The van der Waals surface area contributed by atoms with Crippen molar-refractivity contribution in [2.75, 3.05) is 36.5 Å². The van der Waals surface area contributed by atoms with Gasteiger partial charge in [0.1, 0.15) is 5.82 Å². The molecule has 0 atom stereocenters. The van der Waals surface area contributed by atoms with Gasteiger partial charge in [-0.3, -0.25) is 14.4 Å². The van der Waals surface area contributed by atoms with E-state index in [9.17, 15) is 18.8 Å². The summed E-state index contributed by atoms with van der Waals surface area (Å²) in [5.74, 6) is 0.494. The molecule has 1 aliphatic heterocycles. The first kappa shape index (κ1) is 30.0. The fraction of sp³-hybridized carbons (Fsp3) is 0.452. The summed E-state index contributed by atoms with van der Waals surface area (Å²) in [6, 6.07) is 8.06. The van der Waals surface area contributed by atoms with E-state index in [1.807, 2.05) is 24.1 Å². The van der Waals surface area contributed by atoms with E-state index >= 15 is 0 Å². The normalized spacial score (nSPS) is 14.8. The van der Waals surface area contributed by atoms with E-state index in [1.54, 1.807) is 0 Å². The van der Waals surface area contributed by atoms with Gasteiger partial charge in [-0.25, -0.2) is 18.9 Å². The van der Waals surface area contributed by atoms with Crippen molar-refractivity contribution in [1.82, 2.24) is 24.4 Å². The zero-order chi connectivity index (χ0) is 30.3. The van der Waals surface area contributed by atoms with E-state index in [-0.39, 0.29) is 36.5 Å². The lowest BCUT2D eigenvalue weighted by Crippen LogP contribution is -2.46. The quantitative estimate of drug-likeness (QED) is 0.264. The van der Waals surface area contributed by atoms with Crippen LogP contribution in [0.1, 0.15) is 51.0 Å². The molecule has 1 amide bonds. The minimum absolute atomic E-state index is 0.110. The molecule has 2 aromatic heterocycles. The first-order valence-corrected chi connectivity index (χ1v) is 14.7. The van der Waals surface area contributed by atoms with Crippen LogP contribution in [0.3, 0.4) is 0 Å². The molecule has 0 bridgehead atoms. The van der Waals surface area contributed by atoms with Crippen LogP contribution >= 0.6 is 0 Å². The number of ether oxygens (including phenoxy) is 1. The largest absolute Gasteiger partial charge is 0.444 e. The third kappa shape index (κ3) is 7.30. The van der Waals surface area contributed by atoms with Crippen molar-refractivity contribution in [3.8, 4) is 0 Å². The maximum Gasteiger partial charge on any atom is 0.307 e. The number of carbonyl (C=O) groups is 2. The Balaban J connectivity index is 1.25. The Labute approximate surface area is 249 Å². The number of fused-ring (bicyclic) bond motifs is 1. The molecule has 0 unspecified atom stereocenters. The number of hydrogen-bond acceptors (Lipinski definition) is 8. The highest BCUT2D eigenvalue weighted by molar-refractivity contribution is 5.73. The fourth-order valence-corrected chi connectivity index (χ4v) is 5.60. The highest BCUT2D eigenvalue weighted by Gasteiger charge is 2.28. The van der Waals surface area contributed by atoms with Crippen LogP contribution in [0.25, 0.3) is 12.2 Å². The molecule has 0 radical (unpaired) electrons. The van der Waals surface area contributed by atoms with E-state index in [1.165, 1.54) is 35.9 Å². The number of rotatable bonds is 11. The molecule has 1 aliphatic carbocycles. The van der Waals surface area contributed by atoms with Crippen LogP contribution in [0, 0.1) is 5.82 Å². The van der Waals surface area contributed by atoms with Crippen LogP contribution < -0.4 is 31.4 Å². The highest BCUT2D eigenvalue weighted by atomic mass is 19.1. The number of benzene rings is 1. The Hall–Kier alpha value is -4.48. The molecule has 2 aliphatic rings. The van der Waals surface area contributed by atoms with Gasteiger partial charge in [0.05, 0.1) is 17.2 Å². The second-order valence-corrected chi connectivity index (χ2v) is 11.0. The molecule has 1 fully saturated rings. The van der Waals surface area contributed by atoms with E-state index < -0.39 is 5.97 Å². The van der Waals surface area contributed by atoms with Crippen LogP contribution in [-0.4, -0.2) is 63.7 Å². The second kappa shape index (κ2) is 13.7. The summed E-state index contributed by atoms with van der Waals surface area (Å²) in [7, 11) is 1.91. The molecule has 1 saturated heterocycles. The number of piperidine rings is 1. The van der Waals surface area contributed by atoms with Gasteiger partial charge in [-0.15, -0.1) is 0 Å². The van der Waals surface area contributed by atoms with Gasteiger partial charge in [-0.2, -0.15) is 0 Å². The molecule has 1 N–H and O–H groups in total. The molecular formula is C31H38FN7O4. The van der Waals surface area contributed by atoms with Gasteiger partial charge in [0.25, 0.3) is 5.56 Å². The van der Waals surface area contributed by atoms with Crippen LogP contribution in [0.4, 0.5) is 16.3 Å². The van der Waals surface area contributed by atoms with Crippen LogP contribution in [0.5, 0.6) is 0 Å². The standard InChI is InChI=1S/C31H38FN7O4/c1-22(40)33-16-5-8-29(42)43-21-39-28(41)13-17-34-30(39)36(2)25-14-18-37(19-15-25)31-35-26-6-3-4-7-27(26)38(31)20-23-9-11-24(32)12-10-23/h6-7,9-13,17,25H,3-5,8,14-16,18-21H2,1-2H3,(H,33,40). The first-order valence-electron chi connectivity index (χ1n) is 14.7. The minimum Gasteiger partial charge on any atom is -0.444 e. The number of amides is 1. The van der Waals surface area contributed by atoms with Gasteiger partial charge in [0.2, 0.25) is 17.8 Å². The monoisotopic (exact) mass is 591 g/mol. The van der Waals surface area contributed by atoms with Crippen molar-refractivity contribution in [3.05, 3.63) is 69.0 Å². The molecule has 0 spiro atoms. The summed E-state index contributed by atoms with van der Waals surface area (Å²) in [4.78, 5) is 49.7. The van der Waals surface area contributed by atoms with Crippen molar-refractivity contribution in [2.45, 2.75) is 64.8 Å². The van der Waals surface area contributed by atoms with Gasteiger partial charge in [-0.1, -0.05) is 24.3 Å². The Bertz CT molecular complexity index is 1620. The van der Waals surface area contributed by atoms with Crippen molar-refractivity contribution in [2.24, 2.45) is 0 Å². The van der Waals surface area contributed by atoms with Crippen molar-refractivity contribution < 1.29 is 18.7 Å². The number of imidazole rings is 1. The predicted octanol–water partition coefficient (Wildman–Crippen LogP) is 1.50. The molecule has 0 saturated carbocycles. The third-order valence-corrected chi connectivity index (χ3v) is 7.92. The van der Waals surface area contributed by atoms with Crippen molar-refractivity contribution in [1.29, 1.82) is 0 Å². The van der Waals surface area contributed by atoms with Crippen molar-refractivity contribution >= 4 is 35.9 Å². The van der Waals surface area contributed by atoms with Gasteiger partial charge < -0.3 is 24.4 Å². The third-order valence-electron chi connectivity index (χ3n) is 7.92. The molecule has 3 heterocycles. The number of nitrogens with one attached hydrogen (secondary N) is 1. The number of nitrogens with zero attached hydrogens (tertiary/aromatic N) is 6. The summed E-state index contributed by atoms with van der Waals surface area (Å²) < 4.78 is 22.5. The Morgan fingerprint density at radius 3 is 2.58 bits per heavy atom. The Morgan fingerprint density at radius 1 is 1.09 bits per heavy atom. The highest BCUT2D eigenvalue weighted by Crippen LogP contribution is 2.23. The van der Waals surface area contributed by atoms with Crippen LogP contribution in [0.2, 0.25) is 0 Å². The second-order valence-electron chi connectivity index (χ2n) is 11.0. The Morgan fingerprint density at radius 2 is 1.84 bits per heavy atom. The lowest BCUT2D eigenvalue weighted by Gasteiger charge is -2.38. The van der Waals surface area contributed by atoms with Gasteiger partial charge >= 0.3 is 5.97 Å². The first-order chi connectivity index (χ1) is 20.8. The molecule has 43 heavy (non-hydrogen) atoms. The zero-order valence-electron chi connectivity index (χ0n) is 24.7. The average Bonchev–Trinajstić information content (AvgIpc) is 3.37. The van der Waals surface area contributed by atoms with Crippen LogP contribution in [-0.2, 0) is 27.6 Å². The molecule has 12 heteroatoms. The Kier molecular flexibility index (Phi) is 9.53. The lowest BCUT2D eigenvalue weighted by molar-refractivity contribution is -0.147. The van der Waals surface area contributed by atoms with Crippen molar-refractivity contribution in [3.63, 3.8) is 0 Å². The summed E-state index contributed by atoms with van der Waals surface area (Å²) in [5.41, 5.74) is 0.708. The number of anilines is 2.